The number of unbranched alkanes of at least 4 members (excludes halogenated alkanes) is 1. The van der Waals surface area contributed by atoms with Crippen molar-refractivity contribution in [3.05, 3.63) is 76.4 Å². The number of aryl methyl sites for hydroxylation is 1. The molecule has 1 aromatic heterocycles. The molecule has 0 saturated carbocycles. The molecule has 2 aromatic carbocycles. The summed E-state index contributed by atoms with van der Waals surface area (Å²) in [5.74, 6) is 4.81. The SMILES string of the molecule is Cc1ncsc1-c1ccc(CNC(=O)[C@@H]2C[C@@H](O)CN2C(=O)[C@@H](NC(=O)CCCC#Cc2ccc(CO[C@H](C)[C@@H](N)CCC(N)=O)cc2)C(C)(C)C)cc1.O=CC(F)(F)F. The number of amides is 4. The summed E-state index contributed by atoms with van der Waals surface area (Å²) in [5.41, 5.74) is 17.2. The second-order valence-electron chi connectivity index (χ2n) is 15.6. The van der Waals surface area contributed by atoms with Crippen molar-refractivity contribution in [3.63, 3.8) is 0 Å². The van der Waals surface area contributed by atoms with E-state index in [-0.39, 0.29) is 62.2 Å². The van der Waals surface area contributed by atoms with Crippen LogP contribution in [0.5, 0.6) is 0 Å². The number of aliphatic hydroxyl groups excluding tert-OH is 1. The summed E-state index contributed by atoms with van der Waals surface area (Å²) in [5, 5.41) is 16.4. The Kier molecular flexibility index (Phi) is 18.9. The van der Waals surface area contributed by atoms with Crippen LogP contribution in [0.1, 0.15) is 88.6 Å². The largest absolute Gasteiger partial charge is 0.446 e. The van der Waals surface area contributed by atoms with Crippen LogP contribution in [0.4, 0.5) is 13.2 Å². The Morgan fingerprint density at radius 1 is 1.07 bits per heavy atom. The minimum atomic E-state index is -4.64. The van der Waals surface area contributed by atoms with Gasteiger partial charge in [-0.3, -0.25) is 24.0 Å². The van der Waals surface area contributed by atoms with Crippen molar-refractivity contribution in [1.29, 1.82) is 0 Å². The van der Waals surface area contributed by atoms with Gasteiger partial charge in [0.1, 0.15) is 12.1 Å². The molecule has 0 spiro atoms. The van der Waals surface area contributed by atoms with Crippen molar-refractivity contribution in [2.45, 2.75) is 123 Å². The molecule has 4 rings (SSSR count). The van der Waals surface area contributed by atoms with Gasteiger partial charge in [0.25, 0.3) is 0 Å². The molecule has 4 amide bonds. The van der Waals surface area contributed by atoms with Gasteiger partial charge in [0.2, 0.25) is 29.9 Å². The normalized spacial score (nSPS) is 16.6. The number of halogens is 3. The number of aliphatic hydroxyl groups is 1. The summed E-state index contributed by atoms with van der Waals surface area (Å²) < 4.78 is 37.1. The molecule has 3 aromatic rings. The van der Waals surface area contributed by atoms with E-state index in [1.165, 1.54) is 4.90 Å². The van der Waals surface area contributed by atoms with Crippen LogP contribution in [0.15, 0.2) is 54.0 Å². The first-order valence-corrected chi connectivity index (χ1v) is 20.4. The molecule has 326 valence electrons. The standard InChI is InChI=1S/C41H54N6O6S.C2HF3O/c1-26-37(54-25-45-26)31-17-15-29(16-18-31)22-44-39(51)34-21-32(48)23-47(34)40(52)38(41(3,4)5)46-36(50)10-8-6-7-9-28-11-13-30(14-12-28)24-53-27(2)33(42)19-20-35(43)49;3-2(4,5)1-6/h11-18,25,27,32-34,38,48H,6,8,10,19-24,42H2,1-5H3,(H2,43,49)(H,44,51)(H,46,50);1H/t27-,32-,33+,34+,38-;/m1./s1. The third-order valence-corrected chi connectivity index (χ3v) is 10.6. The maximum Gasteiger partial charge on any atom is 0.446 e. The van der Waals surface area contributed by atoms with Gasteiger partial charge in [0, 0.05) is 50.4 Å². The molecule has 13 nitrogen and oxygen atoms in total. The molecular weight excluding hydrogens is 802 g/mol. The highest BCUT2D eigenvalue weighted by Gasteiger charge is 2.44. The summed E-state index contributed by atoms with van der Waals surface area (Å²) in [6.07, 6.45) is -4.79. The number of nitrogens with one attached hydrogen (secondary N) is 2. The fourth-order valence-corrected chi connectivity index (χ4v) is 6.91. The summed E-state index contributed by atoms with van der Waals surface area (Å²) in [6.45, 7) is 10.1. The Labute approximate surface area is 352 Å². The zero-order valence-electron chi connectivity index (χ0n) is 34.5. The van der Waals surface area contributed by atoms with Gasteiger partial charge < -0.3 is 36.8 Å². The van der Waals surface area contributed by atoms with Gasteiger partial charge in [-0.15, -0.1) is 11.3 Å². The van der Waals surface area contributed by atoms with Gasteiger partial charge in [-0.25, -0.2) is 4.98 Å². The van der Waals surface area contributed by atoms with E-state index in [0.29, 0.717) is 25.9 Å². The van der Waals surface area contributed by atoms with Crippen molar-refractivity contribution in [2.24, 2.45) is 16.9 Å². The number of ether oxygens (including phenoxy) is 1. The van der Waals surface area contributed by atoms with Crippen LogP contribution in [0, 0.1) is 24.2 Å². The number of benzene rings is 2. The molecule has 60 heavy (non-hydrogen) atoms. The fraction of sp³-hybridized carbons (Fsp3) is 0.488. The quantitative estimate of drug-likeness (QED) is 0.0769. The minimum Gasteiger partial charge on any atom is -0.391 e. The lowest BCUT2D eigenvalue weighted by Crippen LogP contribution is -2.57. The number of alkyl halides is 3. The van der Waals surface area contributed by atoms with E-state index in [4.69, 9.17) is 21.0 Å². The van der Waals surface area contributed by atoms with Crippen molar-refractivity contribution >= 4 is 41.3 Å². The van der Waals surface area contributed by atoms with Gasteiger partial charge >= 0.3 is 6.18 Å². The molecule has 1 aliphatic rings. The number of aldehydes is 1. The van der Waals surface area contributed by atoms with Gasteiger partial charge in [-0.05, 0) is 60.9 Å². The van der Waals surface area contributed by atoms with Gasteiger partial charge in [0.15, 0.2) is 0 Å². The number of likely N-dealkylation sites (tertiary alicyclic amines) is 1. The molecule has 1 aliphatic heterocycles. The molecule has 0 bridgehead atoms. The van der Waals surface area contributed by atoms with Gasteiger partial charge in [0.05, 0.1) is 34.9 Å². The van der Waals surface area contributed by atoms with Crippen molar-refractivity contribution < 1.29 is 47.0 Å². The van der Waals surface area contributed by atoms with Crippen LogP contribution < -0.4 is 22.1 Å². The second-order valence-corrected chi connectivity index (χ2v) is 16.5. The van der Waals surface area contributed by atoms with E-state index in [0.717, 1.165) is 32.8 Å². The van der Waals surface area contributed by atoms with E-state index in [9.17, 15) is 37.5 Å². The van der Waals surface area contributed by atoms with Crippen molar-refractivity contribution in [2.75, 3.05) is 6.54 Å². The molecule has 1 saturated heterocycles. The Morgan fingerprint density at radius 3 is 2.27 bits per heavy atom. The lowest BCUT2D eigenvalue weighted by molar-refractivity contribution is -0.156. The van der Waals surface area contributed by atoms with E-state index in [1.54, 1.807) is 11.3 Å². The highest BCUT2D eigenvalue weighted by atomic mass is 32.1. The Balaban J connectivity index is 0.00000149. The maximum absolute atomic E-state index is 13.9. The number of hydrogen-bond donors (Lipinski definition) is 5. The number of nitrogens with two attached hydrogens (primary N) is 2. The highest BCUT2D eigenvalue weighted by Crippen LogP contribution is 2.28. The van der Waals surface area contributed by atoms with Crippen molar-refractivity contribution in [3.8, 4) is 22.3 Å². The van der Waals surface area contributed by atoms with Crippen LogP contribution in [0.2, 0.25) is 0 Å². The number of primary amides is 1. The molecule has 2 heterocycles. The van der Waals surface area contributed by atoms with Gasteiger partial charge in [-0.1, -0.05) is 69.0 Å². The molecular formula is C43H55F3N6O7S. The molecule has 0 aliphatic carbocycles. The zero-order valence-corrected chi connectivity index (χ0v) is 35.3. The van der Waals surface area contributed by atoms with Gasteiger partial charge in [-0.2, -0.15) is 13.2 Å². The number of carbonyl (C=O) groups excluding carboxylic acids is 5. The maximum atomic E-state index is 13.9. The molecule has 1 fully saturated rings. The first kappa shape index (κ1) is 49.2. The molecule has 0 unspecified atom stereocenters. The third-order valence-electron chi connectivity index (χ3n) is 9.58. The summed E-state index contributed by atoms with van der Waals surface area (Å²) in [4.78, 5) is 66.8. The van der Waals surface area contributed by atoms with Crippen LogP contribution in [0.3, 0.4) is 0 Å². The molecule has 7 N–H and O–H groups in total. The van der Waals surface area contributed by atoms with Crippen LogP contribution in [0.25, 0.3) is 10.4 Å². The minimum absolute atomic E-state index is 0.0115. The Morgan fingerprint density at radius 2 is 1.70 bits per heavy atom. The van der Waals surface area contributed by atoms with E-state index in [1.807, 2.05) is 88.7 Å². The number of rotatable bonds is 16. The van der Waals surface area contributed by atoms with E-state index in [2.05, 4.69) is 27.5 Å². The topological polar surface area (TPSA) is 207 Å². The lowest BCUT2D eigenvalue weighted by Gasteiger charge is -2.35. The Hall–Kier alpha value is -5.15. The highest BCUT2D eigenvalue weighted by molar-refractivity contribution is 7.13. The number of hydrogen-bond acceptors (Lipinski definition) is 10. The monoisotopic (exact) mass is 856 g/mol. The number of carbonyl (C=O) groups is 5. The lowest BCUT2D eigenvalue weighted by atomic mass is 9.85. The van der Waals surface area contributed by atoms with E-state index < -0.39 is 42.0 Å². The average molecular weight is 857 g/mol. The number of β-amino-alcohol motifs (C(OH)–C–C–N with tert-alkyl or cyclic N) is 1. The second kappa shape index (κ2) is 23.0. The summed E-state index contributed by atoms with van der Waals surface area (Å²) in [6, 6.07) is 13.5. The zero-order chi connectivity index (χ0) is 44.6. The Bertz CT molecular complexity index is 1960. The van der Waals surface area contributed by atoms with Crippen LogP contribution in [-0.2, 0) is 41.9 Å². The molecule has 5 atom stereocenters. The number of aromatic nitrogens is 1. The van der Waals surface area contributed by atoms with Crippen LogP contribution in [-0.4, -0.2) is 88.0 Å². The number of nitrogens with zero attached hydrogens (tertiary/aromatic N) is 2. The van der Waals surface area contributed by atoms with Crippen LogP contribution >= 0.6 is 11.3 Å². The smallest absolute Gasteiger partial charge is 0.391 e. The van der Waals surface area contributed by atoms with E-state index >= 15 is 0 Å². The first-order valence-electron chi connectivity index (χ1n) is 19.5. The predicted molar refractivity (Wildman–Crippen MR) is 222 cm³/mol. The molecule has 17 heteroatoms. The number of thiazole rings is 1. The first-order chi connectivity index (χ1) is 28.2. The molecule has 0 radical (unpaired) electrons. The van der Waals surface area contributed by atoms with Crippen molar-refractivity contribution in [1.82, 2.24) is 20.5 Å². The fourth-order valence-electron chi connectivity index (χ4n) is 6.09. The third kappa shape index (κ3) is 16.5. The predicted octanol–water partition coefficient (Wildman–Crippen LogP) is 4.69. The summed E-state index contributed by atoms with van der Waals surface area (Å²) in [7, 11) is 0. The average Bonchev–Trinajstić information content (AvgIpc) is 3.81. The summed E-state index contributed by atoms with van der Waals surface area (Å²) >= 11 is 1.58.